The predicted octanol–water partition coefficient (Wildman–Crippen LogP) is 2.80. The van der Waals surface area contributed by atoms with E-state index in [9.17, 15) is 19.6 Å². The Morgan fingerprint density at radius 3 is 2.37 bits per heavy atom. The zero-order valence-corrected chi connectivity index (χ0v) is 16.9. The number of methoxy groups -OCH3 is 1. The molecule has 1 aliphatic rings. The van der Waals surface area contributed by atoms with Crippen LogP contribution in [0.1, 0.15) is 11.5 Å². The number of nitrogens with zero attached hydrogens (tertiary/aromatic N) is 1. The van der Waals surface area contributed by atoms with E-state index in [0.717, 1.165) is 11.8 Å². The quantitative estimate of drug-likeness (QED) is 0.548. The fraction of sp³-hybridized carbons (Fsp3) is 0.182. The van der Waals surface area contributed by atoms with E-state index < -0.39 is 23.7 Å². The van der Waals surface area contributed by atoms with Crippen molar-refractivity contribution < 1.29 is 19.1 Å². The summed E-state index contributed by atoms with van der Waals surface area (Å²) in [5.74, 6) is -3.57. The summed E-state index contributed by atoms with van der Waals surface area (Å²) in [5, 5.41) is 15.4. The number of nitriles is 1. The molecular weight excluding hydrogens is 402 g/mol. The summed E-state index contributed by atoms with van der Waals surface area (Å²) < 4.78 is 4.80. The van der Waals surface area contributed by atoms with Gasteiger partial charge in [-0.3, -0.25) is 14.4 Å². The molecular formula is C22H19N3O4S. The van der Waals surface area contributed by atoms with Crippen LogP contribution in [0.15, 0.2) is 71.3 Å². The summed E-state index contributed by atoms with van der Waals surface area (Å²) in [7, 11) is 1.20. The number of allylic oxidation sites excluding steroid dienone is 1. The second kappa shape index (κ2) is 9.76. The number of carbonyl (C=O) groups excluding carboxylic acids is 3. The van der Waals surface area contributed by atoms with Gasteiger partial charge in [0, 0.05) is 11.6 Å². The molecule has 0 radical (unpaired) electrons. The van der Waals surface area contributed by atoms with E-state index in [4.69, 9.17) is 4.74 Å². The number of esters is 1. The lowest BCUT2D eigenvalue weighted by atomic mass is 9.78. The number of amides is 2. The molecule has 0 saturated carbocycles. The molecule has 2 atom stereocenters. The Kier molecular flexibility index (Phi) is 6.88. The smallest absolute Gasteiger partial charge is 0.319 e. The molecule has 0 bridgehead atoms. The van der Waals surface area contributed by atoms with Crippen LogP contribution >= 0.6 is 11.8 Å². The van der Waals surface area contributed by atoms with Crippen LogP contribution in [0.25, 0.3) is 0 Å². The number of benzene rings is 2. The third-order valence-electron chi connectivity index (χ3n) is 4.55. The maximum Gasteiger partial charge on any atom is 0.319 e. The van der Waals surface area contributed by atoms with E-state index >= 15 is 0 Å². The van der Waals surface area contributed by atoms with E-state index in [1.165, 1.54) is 7.11 Å². The van der Waals surface area contributed by atoms with Crippen LogP contribution in [0.4, 0.5) is 5.69 Å². The average molecular weight is 421 g/mol. The van der Waals surface area contributed by atoms with Crippen LogP contribution in [-0.4, -0.2) is 30.6 Å². The largest absolute Gasteiger partial charge is 0.468 e. The summed E-state index contributed by atoms with van der Waals surface area (Å²) in [5.41, 5.74) is 1.51. The van der Waals surface area contributed by atoms with Gasteiger partial charge < -0.3 is 15.4 Å². The van der Waals surface area contributed by atoms with Gasteiger partial charge in [-0.1, -0.05) is 60.3 Å². The second-order valence-electron chi connectivity index (χ2n) is 6.44. The number of hydrogen-bond donors (Lipinski definition) is 2. The van der Waals surface area contributed by atoms with Crippen LogP contribution < -0.4 is 10.6 Å². The van der Waals surface area contributed by atoms with Crippen molar-refractivity contribution in [2.75, 3.05) is 18.2 Å². The van der Waals surface area contributed by atoms with Crippen LogP contribution in [0.3, 0.4) is 0 Å². The van der Waals surface area contributed by atoms with Gasteiger partial charge in [0.1, 0.15) is 5.92 Å². The van der Waals surface area contributed by atoms with Gasteiger partial charge in [0.05, 0.1) is 29.5 Å². The lowest BCUT2D eigenvalue weighted by Crippen LogP contribution is -2.44. The maximum absolute atomic E-state index is 12.7. The molecule has 0 unspecified atom stereocenters. The minimum Gasteiger partial charge on any atom is -0.468 e. The first-order valence-electron chi connectivity index (χ1n) is 9.10. The molecule has 2 N–H and O–H groups in total. The fourth-order valence-electron chi connectivity index (χ4n) is 3.20. The van der Waals surface area contributed by atoms with Gasteiger partial charge in [0.25, 0.3) is 0 Å². The van der Waals surface area contributed by atoms with E-state index in [-0.39, 0.29) is 22.3 Å². The molecule has 3 rings (SSSR count). The highest BCUT2D eigenvalue weighted by Gasteiger charge is 2.44. The van der Waals surface area contributed by atoms with Crippen molar-refractivity contribution in [1.82, 2.24) is 5.32 Å². The molecule has 0 fully saturated rings. The topological polar surface area (TPSA) is 108 Å². The SMILES string of the molecule is COC(=O)[C@@H]1C(=O)NC(SCC(=O)Nc2ccccc2)=C(C#N)[C@@H]1c1ccccc1. The Hall–Kier alpha value is -3.57. The highest BCUT2D eigenvalue weighted by molar-refractivity contribution is 8.03. The minimum atomic E-state index is -1.19. The number of ether oxygens (including phenoxy) is 1. The maximum atomic E-state index is 12.7. The van der Waals surface area contributed by atoms with Crippen molar-refractivity contribution in [2.24, 2.45) is 5.92 Å². The number of nitrogens with one attached hydrogen (secondary N) is 2. The molecule has 0 saturated heterocycles. The normalized spacial score (nSPS) is 18.2. The Morgan fingerprint density at radius 2 is 1.77 bits per heavy atom. The highest BCUT2D eigenvalue weighted by Crippen LogP contribution is 2.40. The lowest BCUT2D eigenvalue weighted by molar-refractivity contribution is -0.150. The summed E-state index contributed by atoms with van der Waals surface area (Å²) in [6, 6.07) is 19.9. The van der Waals surface area contributed by atoms with Crippen molar-refractivity contribution in [1.29, 1.82) is 5.26 Å². The molecule has 0 spiro atoms. The molecule has 0 aliphatic carbocycles. The third kappa shape index (κ3) is 4.70. The molecule has 8 heteroatoms. The first-order chi connectivity index (χ1) is 14.5. The molecule has 1 aliphatic heterocycles. The molecule has 152 valence electrons. The second-order valence-corrected chi connectivity index (χ2v) is 7.42. The van der Waals surface area contributed by atoms with E-state index in [1.807, 2.05) is 6.07 Å². The first-order valence-corrected chi connectivity index (χ1v) is 10.1. The van der Waals surface area contributed by atoms with E-state index in [2.05, 4.69) is 16.7 Å². The van der Waals surface area contributed by atoms with Crippen LogP contribution in [0.2, 0.25) is 0 Å². The van der Waals surface area contributed by atoms with E-state index in [1.54, 1.807) is 54.6 Å². The van der Waals surface area contributed by atoms with Crippen LogP contribution in [-0.2, 0) is 19.1 Å². The molecule has 2 amide bonds. The number of carbonyl (C=O) groups is 3. The van der Waals surface area contributed by atoms with Gasteiger partial charge in [0.15, 0.2) is 0 Å². The number of thioether (sulfide) groups is 1. The highest BCUT2D eigenvalue weighted by atomic mass is 32.2. The van der Waals surface area contributed by atoms with Gasteiger partial charge >= 0.3 is 5.97 Å². The predicted molar refractivity (Wildman–Crippen MR) is 113 cm³/mol. The molecule has 2 aromatic carbocycles. The standard InChI is InChI=1S/C22H19N3O4S/c1-29-22(28)19-18(14-8-4-2-5-9-14)16(12-23)21(25-20(19)27)30-13-17(26)24-15-10-6-3-7-11-15/h2-11,18-19H,13H2,1H3,(H,24,26)(H,25,27)/t18-,19-/m0/s1. The summed E-state index contributed by atoms with van der Waals surface area (Å²) in [6.45, 7) is 0. The zero-order valence-electron chi connectivity index (χ0n) is 16.1. The van der Waals surface area contributed by atoms with Crippen molar-refractivity contribution in [3.05, 3.63) is 76.8 Å². The lowest BCUT2D eigenvalue weighted by Gasteiger charge is -2.30. The summed E-state index contributed by atoms with van der Waals surface area (Å²) in [4.78, 5) is 37.3. The monoisotopic (exact) mass is 421 g/mol. The van der Waals surface area contributed by atoms with Crippen LogP contribution in [0.5, 0.6) is 0 Å². The number of rotatable bonds is 6. The van der Waals surface area contributed by atoms with Gasteiger partial charge in [-0.05, 0) is 17.7 Å². The Morgan fingerprint density at radius 1 is 1.13 bits per heavy atom. The van der Waals surface area contributed by atoms with E-state index in [0.29, 0.717) is 11.3 Å². The van der Waals surface area contributed by atoms with Crippen molar-refractivity contribution in [3.63, 3.8) is 0 Å². The average Bonchev–Trinajstić information content (AvgIpc) is 2.78. The third-order valence-corrected chi connectivity index (χ3v) is 5.56. The molecule has 7 nitrogen and oxygen atoms in total. The number of hydrogen-bond acceptors (Lipinski definition) is 6. The minimum absolute atomic E-state index is 0.0138. The number of para-hydroxylation sites is 1. The first kappa shape index (κ1) is 21.1. The van der Waals surface area contributed by atoms with Gasteiger partial charge in [0.2, 0.25) is 11.8 Å². The van der Waals surface area contributed by atoms with Crippen LogP contribution in [0, 0.1) is 17.2 Å². The Bertz CT molecular complexity index is 1020. The Labute approximate surface area is 178 Å². The van der Waals surface area contributed by atoms with Crippen molar-refractivity contribution >= 4 is 35.2 Å². The molecule has 30 heavy (non-hydrogen) atoms. The molecule has 1 heterocycles. The fourth-order valence-corrected chi connectivity index (χ4v) is 4.04. The van der Waals surface area contributed by atoms with Gasteiger partial charge in [-0.25, -0.2) is 0 Å². The van der Waals surface area contributed by atoms with Gasteiger partial charge in [-0.2, -0.15) is 5.26 Å². The summed E-state index contributed by atoms with van der Waals surface area (Å²) >= 11 is 1.04. The van der Waals surface area contributed by atoms with Crippen molar-refractivity contribution in [3.8, 4) is 6.07 Å². The number of anilines is 1. The summed E-state index contributed by atoms with van der Waals surface area (Å²) in [6.07, 6.45) is 0. The van der Waals surface area contributed by atoms with Crippen molar-refractivity contribution in [2.45, 2.75) is 5.92 Å². The molecule has 2 aromatic rings. The Balaban J connectivity index is 1.87. The zero-order chi connectivity index (χ0) is 21.5. The molecule has 0 aromatic heterocycles. The van der Waals surface area contributed by atoms with Gasteiger partial charge in [-0.15, -0.1) is 0 Å².